The second-order valence-corrected chi connectivity index (χ2v) is 3.86. The first-order valence-corrected chi connectivity index (χ1v) is 5.90. The molecule has 0 radical (unpaired) electrons. The van der Waals surface area contributed by atoms with Crippen molar-refractivity contribution in [2.24, 2.45) is 5.73 Å². The SMILES string of the molecule is CCNCCCCN(C)CCCCN. The first-order chi connectivity index (χ1) is 6.81. The second-order valence-electron chi connectivity index (χ2n) is 3.86. The molecule has 86 valence electrons. The molecule has 0 heterocycles. The van der Waals surface area contributed by atoms with Crippen LogP contribution in [0.2, 0.25) is 0 Å². The lowest BCUT2D eigenvalue weighted by atomic mass is 10.2. The third kappa shape index (κ3) is 9.96. The molecular formula is C11H27N3. The summed E-state index contributed by atoms with van der Waals surface area (Å²) < 4.78 is 0. The van der Waals surface area contributed by atoms with Crippen molar-refractivity contribution < 1.29 is 0 Å². The van der Waals surface area contributed by atoms with Gasteiger partial charge in [0.1, 0.15) is 0 Å². The van der Waals surface area contributed by atoms with E-state index in [2.05, 4.69) is 24.2 Å². The van der Waals surface area contributed by atoms with Crippen molar-refractivity contribution in [2.75, 3.05) is 39.8 Å². The van der Waals surface area contributed by atoms with Gasteiger partial charge in [-0.05, 0) is 65.5 Å². The van der Waals surface area contributed by atoms with Crippen LogP contribution in [0.3, 0.4) is 0 Å². The van der Waals surface area contributed by atoms with E-state index < -0.39 is 0 Å². The fourth-order valence-corrected chi connectivity index (χ4v) is 1.45. The normalized spacial score (nSPS) is 11.1. The molecule has 0 aromatic carbocycles. The molecule has 0 amide bonds. The summed E-state index contributed by atoms with van der Waals surface area (Å²) in [5.74, 6) is 0. The maximum atomic E-state index is 5.44. The van der Waals surface area contributed by atoms with Gasteiger partial charge in [0, 0.05) is 0 Å². The summed E-state index contributed by atoms with van der Waals surface area (Å²) in [6, 6.07) is 0. The van der Waals surface area contributed by atoms with E-state index in [9.17, 15) is 0 Å². The second kappa shape index (κ2) is 11.0. The Kier molecular flexibility index (Phi) is 10.9. The number of nitrogens with one attached hydrogen (secondary N) is 1. The van der Waals surface area contributed by atoms with Crippen LogP contribution >= 0.6 is 0 Å². The minimum atomic E-state index is 0.828. The molecule has 0 aliphatic carbocycles. The van der Waals surface area contributed by atoms with Crippen molar-refractivity contribution in [1.82, 2.24) is 10.2 Å². The number of nitrogens with two attached hydrogens (primary N) is 1. The van der Waals surface area contributed by atoms with E-state index in [0.29, 0.717) is 0 Å². The molecule has 3 heteroatoms. The lowest BCUT2D eigenvalue weighted by Crippen LogP contribution is -2.23. The Morgan fingerprint density at radius 3 is 2.29 bits per heavy atom. The van der Waals surface area contributed by atoms with Gasteiger partial charge in [-0.3, -0.25) is 0 Å². The Balaban J connectivity index is 3.06. The summed E-state index contributed by atoms with van der Waals surface area (Å²) in [4.78, 5) is 2.40. The summed E-state index contributed by atoms with van der Waals surface area (Å²) >= 11 is 0. The Morgan fingerprint density at radius 1 is 1.07 bits per heavy atom. The molecule has 3 nitrogen and oxygen atoms in total. The Labute approximate surface area is 89.0 Å². The third-order valence-electron chi connectivity index (χ3n) is 2.39. The van der Waals surface area contributed by atoms with Crippen molar-refractivity contribution in [3.8, 4) is 0 Å². The van der Waals surface area contributed by atoms with Crippen LogP contribution in [0.4, 0.5) is 0 Å². The lowest BCUT2D eigenvalue weighted by molar-refractivity contribution is 0.318. The summed E-state index contributed by atoms with van der Waals surface area (Å²) in [7, 11) is 2.20. The topological polar surface area (TPSA) is 41.3 Å². The molecule has 0 saturated carbocycles. The van der Waals surface area contributed by atoms with E-state index in [4.69, 9.17) is 5.73 Å². The van der Waals surface area contributed by atoms with Crippen molar-refractivity contribution in [1.29, 1.82) is 0 Å². The van der Waals surface area contributed by atoms with Gasteiger partial charge in [0.25, 0.3) is 0 Å². The molecule has 0 aliphatic rings. The van der Waals surface area contributed by atoms with E-state index in [1.807, 2.05) is 0 Å². The van der Waals surface area contributed by atoms with Gasteiger partial charge in [-0.25, -0.2) is 0 Å². The molecule has 0 atom stereocenters. The summed E-state index contributed by atoms with van der Waals surface area (Å²) in [5.41, 5.74) is 5.44. The molecule has 0 saturated heterocycles. The fourth-order valence-electron chi connectivity index (χ4n) is 1.45. The highest BCUT2D eigenvalue weighted by Gasteiger charge is 1.96. The largest absolute Gasteiger partial charge is 0.330 e. The highest BCUT2D eigenvalue weighted by Crippen LogP contribution is 1.95. The Hall–Kier alpha value is -0.120. The zero-order chi connectivity index (χ0) is 10.6. The van der Waals surface area contributed by atoms with Crippen molar-refractivity contribution in [3.63, 3.8) is 0 Å². The van der Waals surface area contributed by atoms with E-state index in [-0.39, 0.29) is 0 Å². The maximum Gasteiger partial charge on any atom is -0.00213 e. The molecule has 0 aliphatic heterocycles. The summed E-state index contributed by atoms with van der Waals surface area (Å²) in [6.45, 7) is 7.64. The van der Waals surface area contributed by atoms with Crippen LogP contribution in [0.1, 0.15) is 32.6 Å². The average Bonchev–Trinajstić information content (AvgIpc) is 2.18. The first kappa shape index (κ1) is 13.9. The smallest absolute Gasteiger partial charge is 0.00213 e. The van der Waals surface area contributed by atoms with Gasteiger partial charge in [-0.15, -0.1) is 0 Å². The minimum Gasteiger partial charge on any atom is -0.330 e. The van der Waals surface area contributed by atoms with Gasteiger partial charge in [-0.1, -0.05) is 6.92 Å². The Bertz CT molecular complexity index is 107. The fraction of sp³-hybridized carbons (Fsp3) is 1.00. The lowest BCUT2D eigenvalue weighted by Gasteiger charge is -2.15. The zero-order valence-corrected chi connectivity index (χ0v) is 9.89. The van der Waals surface area contributed by atoms with Gasteiger partial charge in [0.2, 0.25) is 0 Å². The van der Waals surface area contributed by atoms with Crippen molar-refractivity contribution in [2.45, 2.75) is 32.6 Å². The number of nitrogens with zero attached hydrogens (tertiary/aromatic N) is 1. The van der Waals surface area contributed by atoms with Crippen LogP contribution in [0.5, 0.6) is 0 Å². The number of rotatable bonds is 10. The molecule has 0 unspecified atom stereocenters. The van der Waals surface area contributed by atoms with Gasteiger partial charge < -0.3 is 16.0 Å². The van der Waals surface area contributed by atoms with E-state index in [1.54, 1.807) is 0 Å². The predicted molar refractivity (Wildman–Crippen MR) is 63.6 cm³/mol. The standard InChI is InChI=1S/C11H27N3/c1-3-13-9-5-7-11-14(2)10-6-4-8-12/h13H,3-12H2,1-2H3. The van der Waals surface area contributed by atoms with Crippen LogP contribution in [0, 0.1) is 0 Å². The number of hydrogen-bond acceptors (Lipinski definition) is 3. The van der Waals surface area contributed by atoms with Crippen LogP contribution < -0.4 is 11.1 Å². The molecule has 0 aromatic rings. The van der Waals surface area contributed by atoms with Crippen LogP contribution in [0.15, 0.2) is 0 Å². The molecular weight excluding hydrogens is 174 g/mol. The van der Waals surface area contributed by atoms with Gasteiger partial charge in [-0.2, -0.15) is 0 Å². The van der Waals surface area contributed by atoms with Crippen LogP contribution in [-0.4, -0.2) is 44.7 Å². The summed E-state index contributed by atoms with van der Waals surface area (Å²) in [5, 5.41) is 3.34. The van der Waals surface area contributed by atoms with Crippen LogP contribution in [-0.2, 0) is 0 Å². The van der Waals surface area contributed by atoms with Gasteiger partial charge in [0.15, 0.2) is 0 Å². The Morgan fingerprint density at radius 2 is 1.71 bits per heavy atom. The predicted octanol–water partition coefficient (Wildman–Crippen LogP) is 1.05. The van der Waals surface area contributed by atoms with E-state index in [1.165, 1.54) is 32.4 Å². The first-order valence-electron chi connectivity index (χ1n) is 5.90. The van der Waals surface area contributed by atoms with Crippen molar-refractivity contribution in [3.05, 3.63) is 0 Å². The molecule has 3 N–H and O–H groups in total. The van der Waals surface area contributed by atoms with E-state index >= 15 is 0 Å². The van der Waals surface area contributed by atoms with E-state index in [0.717, 1.165) is 26.1 Å². The molecule has 0 spiro atoms. The minimum absolute atomic E-state index is 0.828. The average molecular weight is 201 g/mol. The van der Waals surface area contributed by atoms with Gasteiger partial charge in [0.05, 0.1) is 0 Å². The highest BCUT2D eigenvalue weighted by atomic mass is 15.1. The van der Waals surface area contributed by atoms with Crippen molar-refractivity contribution >= 4 is 0 Å². The van der Waals surface area contributed by atoms with Crippen LogP contribution in [0.25, 0.3) is 0 Å². The number of hydrogen-bond donors (Lipinski definition) is 2. The molecule has 14 heavy (non-hydrogen) atoms. The molecule has 0 aromatic heterocycles. The number of unbranched alkanes of at least 4 members (excludes halogenated alkanes) is 2. The third-order valence-corrected chi connectivity index (χ3v) is 2.39. The summed E-state index contributed by atoms with van der Waals surface area (Å²) in [6.07, 6.45) is 4.98. The monoisotopic (exact) mass is 201 g/mol. The quantitative estimate of drug-likeness (QED) is 0.519. The zero-order valence-electron chi connectivity index (χ0n) is 9.89. The highest BCUT2D eigenvalue weighted by molar-refractivity contribution is 4.54. The molecule has 0 fully saturated rings. The molecule has 0 rings (SSSR count). The van der Waals surface area contributed by atoms with Gasteiger partial charge >= 0.3 is 0 Å². The molecule has 0 bridgehead atoms. The maximum absolute atomic E-state index is 5.44.